The van der Waals surface area contributed by atoms with Crippen LogP contribution in [0.4, 0.5) is 0 Å². The van der Waals surface area contributed by atoms with Gasteiger partial charge < -0.3 is 9.84 Å². The van der Waals surface area contributed by atoms with Crippen LogP contribution in [0.25, 0.3) is 0 Å². The van der Waals surface area contributed by atoms with Gasteiger partial charge in [0.15, 0.2) is 0 Å². The van der Waals surface area contributed by atoms with Gasteiger partial charge in [-0.05, 0) is 26.2 Å². The zero-order valence-corrected chi connectivity index (χ0v) is 11.4. The summed E-state index contributed by atoms with van der Waals surface area (Å²) in [5.74, 6) is 0. The van der Waals surface area contributed by atoms with Crippen molar-refractivity contribution in [2.24, 2.45) is 0 Å². The van der Waals surface area contributed by atoms with Crippen LogP contribution < -0.4 is 0 Å². The molecule has 1 aliphatic rings. The first-order valence-electron chi connectivity index (χ1n) is 5.88. The van der Waals surface area contributed by atoms with Crippen LogP contribution in [0.2, 0.25) is 19.6 Å². The highest BCUT2D eigenvalue weighted by molar-refractivity contribution is 6.82. The first-order chi connectivity index (χ1) is 6.91. The number of aliphatic hydroxyl groups excluding tert-OH is 1. The summed E-state index contributed by atoms with van der Waals surface area (Å²) in [7, 11) is -1.14. The van der Waals surface area contributed by atoms with Crippen molar-refractivity contribution in [3.8, 4) is 0 Å². The second-order valence-electron chi connectivity index (χ2n) is 5.49. The molecule has 0 unspecified atom stereocenters. The predicted octanol–water partition coefficient (Wildman–Crippen LogP) is 2.74. The SMILES string of the molecule is C/C(=C/C[C@@H]1OCCC[C@H]1O)[Si](C)(C)C. The molecule has 0 amide bonds. The van der Waals surface area contributed by atoms with Gasteiger partial charge in [-0.25, -0.2) is 0 Å². The molecule has 0 aromatic carbocycles. The zero-order valence-electron chi connectivity index (χ0n) is 10.4. The minimum atomic E-state index is -1.14. The van der Waals surface area contributed by atoms with Gasteiger partial charge in [-0.2, -0.15) is 0 Å². The quantitative estimate of drug-likeness (QED) is 0.753. The van der Waals surface area contributed by atoms with E-state index in [0.717, 1.165) is 25.9 Å². The Bertz CT molecular complexity index is 230. The summed E-state index contributed by atoms with van der Waals surface area (Å²) in [5, 5.41) is 11.2. The van der Waals surface area contributed by atoms with Crippen molar-refractivity contribution in [3.05, 3.63) is 11.3 Å². The van der Waals surface area contributed by atoms with Crippen molar-refractivity contribution >= 4 is 8.07 Å². The molecule has 2 nitrogen and oxygen atoms in total. The molecule has 0 aromatic rings. The van der Waals surface area contributed by atoms with Crippen LogP contribution in [0.5, 0.6) is 0 Å². The highest BCUT2D eigenvalue weighted by Gasteiger charge is 2.23. The minimum Gasteiger partial charge on any atom is -0.390 e. The van der Waals surface area contributed by atoms with E-state index < -0.39 is 8.07 Å². The first kappa shape index (κ1) is 12.9. The van der Waals surface area contributed by atoms with Crippen molar-refractivity contribution < 1.29 is 9.84 Å². The molecule has 0 bridgehead atoms. The molecule has 15 heavy (non-hydrogen) atoms. The van der Waals surface area contributed by atoms with Gasteiger partial charge in [0, 0.05) is 6.61 Å². The molecule has 1 rings (SSSR count). The molecule has 1 fully saturated rings. The van der Waals surface area contributed by atoms with Crippen LogP contribution in [0.3, 0.4) is 0 Å². The summed E-state index contributed by atoms with van der Waals surface area (Å²) < 4.78 is 5.57. The second kappa shape index (κ2) is 5.28. The average molecular weight is 228 g/mol. The van der Waals surface area contributed by atoms with E-state index in [1.165, 1.54) is 5.20 Å². The molecular weight excluding hydrogens is 204 g/mol. The highest BCUT2D eigenvalue weighted by Crippen LogP contribution is 2.20. The molecule has 0 aromatic heterocycles. The lowest BCUT2D eigenvalue weighted by molar-refractivity contribution is -0.0713. The first-order valence-corrected chi connectivity index (χ1v) is 9.38. The maximum Gasteiger partial charge on any atom is 0.0868 e. The highest BCUT2D eigenvalue weighted by atomic mass is 28.3. The van der Waals surface area contributed by atoms with E-state index in [9.17, 15) is 5.11 Å². The average Bonchev–Trinajstić information content (AvgIpc) is 2.14. The molecule has 1 N–H and O–H groups in total. The molecule has 0 radical (unpaired) electrons. The predicted molar refractivity (Wildman–Crippen MR) is 66.7 cm³/mol. The standard InChI is InChI=1S/C12H24O2Si/c1-10(15(2,3)4)7-8-12-11(13)6-5-9-14-12/h7,11-13H,5-6,8-9H2,1-4H3/b10-7-/t11-,12+/m1/s1. The van der Waals surface area contributed by atoms with Gasteiger partial charge in [0.05, 0.1) is 20.3 Å². The number of ether oxygens (including phenoxy) is 1. The van der Waals surface area contributed by atoms with Crippen LogP contribution >= 0.6 is 0 Å². The Kier molecular flexibility index (Phi) is 4.56. The summed E-state index contributed by atoms with van der Waals surface area (Å²) in [5.41, 5.74) is 0. The third-order valence-electron chi connectivity index (χ3n) is 3.24. The summed E-state index contributed by atoms with van der Waals surface area (Å²) >= 11 is 0. The molecule has 0 spiro atoms. The Morgan fingerprint density at radius 3 is 2.67 bits per heavy atom. The fourth-order valence-electron chi connectivity index (χ4n) is 1.65. The fraction of sp³-hybridized carbons (Fsp3) is 0.833. The zero-order chi connectivity index (χ0) is 11.5. The molecule has 2 atom stereocenters. The maximum absolute atomic E-state index is 9.74. The summed E-state index contributed by atoms with van der Waals surface area (Å²) in [6.07, 6.45) is 4.80. The Morgan fingerprint density at radius 2 is 2.13 bits per heavy atom. The van der Waals surface area contributed by atoms with Gasteiger partial charge in [0.25, 0.3) is 0 Å². The lowest BCUT2D eigenvalue weighted by Gasteiger charge is -2.28. The van der Waals surface area contributed by atoms with E-state index in [0.29, 0.717) is 0 Å². The van der Waals surface area contributed by atoms with E-state index in [-0.39, 0.29) is 12.2 Å². The van der Waals surface area contributed by atoms with Gasteiger partial charge in [-0.15, -0.1) is 0 Å². The third-order valence-corrected chi connectivity index (χ3v) is 5.81. The van der Waals surface area contributed by atoms with Crippen molar-refractivity contribution in [1.29, 1.82) is 0 Å². The topological polar surface area (TPSA) is 29.5 Å². The van der Waals surface area contributed by atoms with Gasteiger partial charge in [-0.1, -0.05) is 30.9 Å². The molecule has 1 heterocycles. The molecule has 1 aliphatic heterocycles. The van der Waals surface area contributed by atoms with Gasteiger partial charge in [0.2, 0.25) is 0 Å². The van der Waals surface area contributed by atoms with Crippen molar-refractivity contribution in [3.63, 3.8) is 0 Å². The number of hydrogen-bond acceptors (Lipinski definition) is 2. The maximum atomic E-state index is 9.74. The number of hydrogen-bond donors (Lipinski definition) is 1. The van der Waals surface area contributed by atoms with Crippen LogP contribution in [-0.2, 0) is 4.74 Å². The number of allylic oxidation sites excluding steroid dienone is 1. The van der Waals surface area contributed by atoms with Crippen LogP contribution in [0, 0.1) is 0 Å². The fourth-order valence-corrected chi connectivity index (χ4v) is 2.38. The Hall–Kier alpha value is -0.123. The van der Waals surface area contributed by atoms with E-state index in [1.54, 1.807) is 0 Å². The monoisotopic (exact) mass is 228 g/mol. The van der Waals surface area contributed by atoms with E-state index >= 15 is 0 Å². The molecule has 3 heteroatoms. The van der Waals surface area contributed by atoms with E-state index in [4.69, 9.17) is 4.74 Å². The van der Waals surface area contributed by atoms with E-state index in [1.807, 2.05) is 0 Å². The van der Waals surface area contributed by atoms with Gasteiger partial charge >= 0.3 is 0 Å². The van der Waals surface area contributed by atoms with Crippen molar-refractivity contribution in [1.82, 2.24) is 0 Å². The van der Waals surface area contributed by atoms with Crippen LogP contribution in [0.15, 0.2) is 11.3 Å². The van der Waals surface area contributed by atoms with Gasteiger partial charge in [0.1, 0.15) is 0 Å². The third kappa shape index (κ3) is 4.09. The normalized spacial score (nSPS) is 29.3. The second-order valence-corrected chi connectivity index (χ2v) is 10.8. The molecular formula is C12H24O2Si. The van der Waals surface area contributed by atoms with E-state index in [2.05, 4.69) is 32.6 Å². The van der Waals surface area contributed by atoms with Crippen LogP contribution in [-0.4, -0.2) is 32.0 Å². The lowest BCUT2D eigenvalue weighted by atomic mass is 10.0. The number of rotatable bonds is 3. The molecule has 0 saturated carbocycles. The minimum absolute atomic E-state index is 0.0325. The summed E-state index contributed by atoms with van der Waals surface area (Å²) in [6.45, 7) is 10.0. The largest absolute Gasteiger partial charge is 0.390 e. The van der Waals surface area contributed by atoms with Crippen LogP contribution in [0.1, 0.15) is 26.2 Å². The lowest BCUT2D eigenvalue weighted by Crippen LogP contribution is -2.33. The summed E-state index contributed by atoms with van der Waals surface area (Å²) in [4.78, 5) is 0. The van der Waals surface area contributed by atoms with Crippen molar-refractivity contribution in [2.45, 2.75) is 58.0 Å². The Labute approximate surface area is 94.3 Å². The number of aliphatic hydroxyl groups is 1. The van der Waals surface area contributed by atoms with Gasteiger partial charge in [-0.3, -0.25) is 0 Å². The Morgan fingerprint density at radius 1 is 1.47 bits per heavy atom. The smallest absolute Gasteiger partial charge is 0.0868 e. The molecule has 0 aliphatic carbocycles. The molecule has 88 valence electrons. The molecule has 1 saturated heterocycles. The Balaban J connectivity index is 2.47. The van der Waals surface area contributed by atoms with Crippen molar-refractivity contribution in [2.75, 3.05) is 6.61 Å². The summed E-state index contributed by atoms with van der Waals surface area (Å²) in [6, 6.07) is 0.